The van der Waals surface area contributed by atoms with Gasteiger partial charge in [0.1, 0.15) is 0 Å². The summed E-state index contributed by atoms with van der Waals surface area (Å²) in [6.07, 6.45) is 2.19. The summed E-state index contributed by atoms with van der Waals surface area (Å²) in [4.78, 5) is 4.62. The van der Waals surface area contributed by atoms with Crippen molar-refractivity contribution < 1.29 is 18.3 Å². The Morgan fingerprint density at radius 3 is 2.48 bits per heavy atom. The fourth-order valence-corrected chi connectivity index (χ4v) is 3.36. The van der Waals surface area contributed by atoms with E-state index in [0.717, 1.165) is 43.2 Å². The molecule has 0 spiro atoms. The van der Waals surface area contributed by atoms with Crippen LogP contribution in [0.1, 0.15) is 49.4 Å². The summed E-state index contributed by atoms with van der Waals surface area (Å²) in [5.74, 6) is -1.08. The topological polar surface area (TPSA) is 54.9 Å². The Kier molecular flexibility index (Phi) is 8.79. The van der Waals surface area contributed by atoms with Crippen molar-refractivity contribution in [2.24, 2.45) is 4.99 Å². The number of nitrogens with one attached hydrogen (secondary N) is 2. The minimum Gasteiger partial charge on any atom is -0.381 e. The van der Waals surface area contributed by atoms with Crippen LogP contribution >= 0.6 is 0 Å². The summed E-state index contributed by atoms with van der Waals surface area (Å²) in [5.41, 5.74) is 2.86. The Balaban J connectivity index is 1.54. The number of aliphatic imine (C=N–C) groups is 1. The lowest BCUT2D eigenvalue weighted by molar-refractivity contribution is -0.0390. The van der Waals surface area contributed by atoms with Gasteiger partial charge in [0.15, 0.2) is 17.6 Å². The molecule has 1 heterocycles. The first-order valence-corrected chi connectivity index (χ1v) is 10.8. The van der Waals surface area contributed by atoms with E-state index in [1.54, 1.807) is 6.07 Å². The number of hydrogen-bond donors (Lipinski definition) is 2. The molecule has 1 unspecified atom stereocenters. The Labute approximate surface area is 182 Å². The summed E-state index contributed by atoms with van der Waals surface area (Å²) in [7, 11) is 0. The highest BCUT2D eigenvalue weighted by molar-refractivity contribution is 5.80. The number of ether oxygens (including phenoxy) is 2. The van der Waals surface area contributed by atoms with E-state index >= 15 is 0 Å². The van der Waals surface area contributed by atoms with Crippen molar-refractivity contribution in [3.63, 3.8) is 0 Å². The smallest absolute Gasteiger partial charge is 0.192 e. The molecule has 0 bridgehead atoms. The Hall–Kier alpha value is -2.51. The zero-order valence-electron chi connectivity index (χ0n) is 18.2. The molecule has 2 aromatic carbocycles. The van der Waals surface area contributed by atoms with Crippen LogP contribution in [0.3, 0.4) is 0 Å². The predicted octanol–water partition coefficient (Wildman–Crippen LogP) is 4.48. The quantitative estimate of drug-likeness (QED) is 0.478. The third-order valence-electron chi connectivity index (χ3n) is 5.24. The van der Waals surface area contributed by atoms with E-state index in [-0.39, 0.29) is 12.1 Å². The lowest BCUT2D eigenvalue weighted by atomic mass is 10.1. The van der Waals surface area contributed by atoms with E-state index in [4.69, 9.17) is 9.47 Å². The lowest BCUT2D eigenvalue weighted by Crippen LogP contribution is -2.38. The number of hydrogen-bond acceptors (Lipinski definition) is 3. The van der Waals surface area contributed by atoms with Gasteiger partial charge < -0.3 is 20.1 Å². The van der Waals surface area contributed by atoms with Crippen LogP contribution in [0.4, 0.5) is 8.78 Å². The maximum Gasteiger partial charge on any atom is 0.192 e. The second-order valence-corrected chi connectivity index (χ2v) is 7.67. The molecule has 1 fully saturated rings. The van der Waals surface area contributed by atoms with Crippen LogP contribution in [0, 0.1) is 11.6 Å². The normalized spacial score (nSPS) is 16.2. The first-order chi connectivity index (χ1) is 15.0. The van der Waals surface area contributed by atoms with Crippen molar-refractivity contribution in [2.75, 3.05) is 19.8 Å². The molecule has 0 aliphatic carbocycles. The summed E-state index contributed by atoms with van der Waals surface area (Å²) in [6.45, 7) is 7.21. The monoisotopic (exact) mass is 431 g/mol. The average molecular weight is 432 g/mol. The molecule has 0 saturated carbocycles. The number of rotatable bonds is 8. The van der Waals surface area contributed by atoms with Gasteiger partial charge >= 0.3 is 0 Å². The Bertz CT molecular complexity index is 852. The molecule has 2 aromatic rings. The van der Waals surface area contributed by atoms with E-state index < -0.39 is 11.6 Å². The SMILES string of the molecule is CCNC(=NCc1ccc(COC2CCOCC2)cc1)NC(C)c1ccc(F)c(F)c1. The number of benzene rings is 2. The molecule has 168 valence electrons. The van der Waals surface area contributed by atoms with Crippen LogP contribution in [0.2, 0.25) is 0 Å². The van der Waals surface area contributed by atoms with Gasteiger partial charge in [-0.1, -0.05) is 30.3 Å². The summed E-state index contributed by atoms with van der Waals surface area (Å²) in [6, 6.07) is 11.9. The first-order valence-electron chi connectivity index (χ1n) is 10.8. The van der Waals surface area contributed by atoms with Gasteiger partial charge in [-0.15, -0.1) is 0 Å². The zero-order valence-corrected chi connectivity index (χ0v) is 18.2. The fourth-order valence-electron chi connectivity index (χ4n) is 3.36. The number of guanidine groups is 1. The minimum atomic E-state index is -0.853. The lowest BCUT2D eigenvalue weighted by Gasteiger charge is -2.22. The molecular formula is C24H31F2N3O2. The molecule has 5 nitrogen and oxygen atoms in total. The van der Waals surface area contributed by atoms with Gasteiger partial charge in [-0.3, -0.25) is 0 Å². The summed E-state index contributed by atoms with van der Waals surface area (Å²) >= 11 is 0. The number of nitrogens with zero attached hydrogens (tertiary/aromatic N) is 1. The molecule has 3 rings (SSSR count). The highest BCUT2D eigenvalue weighted by Crippen LogP contribution is 2.16. The fraction of sp³-hybridized carbons (Fsp3) is 0.458. The van der Waals surface area contributed by atoms with E-state index in [0.29, 0.717) is 31.2 Å². The van der Waals surface area contributed by atoms with Crippen LogP contribution in [-0.2, 0) is 22.6 Å². The minimum absolute atomic E-state index is 0.224. The van der Waals surface area contributed by atoms with Gasteiger partial charge in [-0.25, -0.2) is 13.8 Å². The molecular weight excluding hydrogens is 400 g/mol. The number of halogens is 2. The highest BCUT2D eigenvalue weighted by Gasteiger charge is 2.14. The molecule has 2 N–H and O–H groups in total. The van der Waals surface area contributed by atoms with Gasteiger partial charge in [0, 0.05) is 19.8 Å². The van der Waals surface area contributed by atoms with Crippen LogP contribution in [-0.4, -0.2) is 31.8 Å². The largest absolute Gasteiger partial charge is 0.381 e. The second kappa shape index (κ2) is 11.8. The molecule has 31 heavy (non-hydrogen) atoms. The van der Waals surface area contributed by atoms with E-state index in [1.807, 2.05) is 13.8 Å². The third-order valence-corrected chi connectivity index (χ3v) is 5.24. The van der Waals surface area contributed by atoms with E-state index in [2.05, 4.69) is 39.9 Å². The van der Waals surface area contributed by atoms with Crippen LogP contribution in [0.5, 0.6) is 0 Å². The van der Waals surface area contributed by atoms with Crippen LogP contribution in [0.15, 0.2) is 47.5 Å². The van der Waals surface area contributed by atoms with E-state index in [1.165, 1.54) is 6.07 Å². The Morgan fingerprint density at radius 1 is 1.10 bits per heavy atom. The summed E-state index contributed by atoms with van der Waals surface area (Å²) < 4.78 is 38.0. The Morgan fingerprint density at radius 2 is 1.81 bits per heavy atom. The first kappa shape index (κ1) is 23.2. The van der Waals surface area contributed by atoms with E-state index in [9.17, 15) is 8.78 Å². The van der Waals surface area contributed by atoms with Gasteiger partial charge in [0.05, 0.1) is 25.3 Å². The molecule has 0 aromatic heterocycles. The maximum absolute atomic E-state index is 13.5. The van der Waals surface area contributed by atoms with Gasteiger partial charge in [-0.2, -0.15) is 0 Å². The predicted molar refractivity (Wildman–Crippen MR) is 118 cm³/mol. The van der Waals surface area contributed by atoms with Gasteiger partial charge in [-0.05, 0) is 55.5 Å². The average Bonchev–Trinajstić information content (AvgIpc) is 2.79. The zero-order chi connectivity index (χ0) is 22.1. The van der Waals surface area contributed by atoms with Crippen molar-refractivity contribution in [2.45, 2.75) is 52.0 Å². The molecule has 1 aliphatic heterocycles. The standard InChI is InChI=1S/C24H31F2N3O2/c1-3-27-24(29-17(2)20-8-9-22(25)23(26)14-20)28-15-18-4-6-19(7-5-18)16-31-21-10-12-30-13-11-21/h4-9,14,17,21H,3,10-13,15-16H2,1-2H3,(H2,27,28,29). The van der Waals surface area contributed by atoms with Gasteiger partial charge in [0.2, 0.25) is 0 Å². The maximum atomic E-state index is 13.5. The molecule has 1 atom stereocenters. The second-order valence-electron chi connectivity index (χ2n) is 7.67. The third kappa shape index (κ3) is 7.29. The van der Waals surface area contributed by atoms with Crippen molar-refractivity contribution >= 4 is 5.96 Å². The molecule has 0 radical (unpaired) electrons. The van der Waals surface area contributed by atoms with Crippen molar-refractivity contribution in [3.8, 4) is 0 Å². The summed E-state index contributed by atoms with van der Waals surface area (Å²) in [5, 5.41) is 6.43. The molecule has 7 heteroatoms. The highest BCUT2D eigenvalue weighted by atomic mass is 19.2. The van der Waals surface area contributed by atoms with Crippen LogP contribution < -0.4 is 10.6 Å². The van der Waals surface area contributed by atoms with Crippen molar-refractivity contribution in [1.82, 2.24) is 10.6 Å². The van der Waals surface area contributed by atoms with Crippen molar-refractivity contribution in [1.29, 1.82) is 0 Å². The van der Waals surface area contributed by atoms with Crippen molar-refractivity contribution in [3.05, 3.63) is 70.8 Å². The van der Waals surface area contributed by atoms with Crippen LogP contribution in [0.25, 0.3) is 0 Å². The molecule has 1 aliphatic rings. The molecule has 0 amide bonds. The molecule has 1 saturated heterocycles. The van der Waals surface area contributed by atoms with Gasteiger partial charge in [0.25, 0.3) is 0 Å².